The number of fused-ring (bicyclic) bond motifs is 4. The SMILES string of the molecule is C[NH+]1CCc2c([nH]c3ccccc23)[C@H]1c1c[nH]c2ccccc12. The first-order valence-corrected chi connectivity index (χ1v) is 8.31. The van der Waals surface area contributed by atoms with Crippen LogP contribution in [0, 0.1) is 0 Å². The summed E-state index contributed by atoms with van der Waals surface area (Å²) < 4.78 is 0. The molecule has 0 saturated heterocycles. The normalized spacial score (nSPS) is 20.9. The number of nitrogens with one attached hydrogen (secondary N) is 3. The van der Waals surface area contributed by atoms with Crippen LogP contribution in [-0.2, 0) is 6.42 Å². The number of H-pyrrole nitrogens is 2. The van der Waals surface area contributed by atoms with Gasteiger partial charge in [-0.3, -0.25) is 0 Å². The van der Waals surface area contributed by atoms with Gasteiger partial charge in [0.2, 0.25) is 0 Å². The third kappa shape index (κ3) is 1.80. The van der Waals surface area contributed by atoms with Gasteiger partial charge < -0.3 is 14.9 Å². The van der Waals surface area contributed by atoms with E-state index in [1.165, 1.54) is 45.2 Å². The van der Waals surface area contributed by atoms with E-state index in [-0.39, 0.29) is 0 Å². The molecule has 0 amide bonds. The Kier molecular flexibility index (Phi) is 2.67. The minimum absolute atomic E-state index is 0.363. The van der Waals surface area contributed by atoms with E-state index in [0.29, 0.717) is 6.04 Å². The number of aromatic amines is 2. The monoisotopic (exact) mass is 302 g/mol. The van der Waals surface area contributed by atoms with Crippen molar-refractivity contribution in [1.82, 2.24) is 9.97 Å². The highest BCUT2D eigenvalue weighted by molar-refractivity contribution is 5.87. The van der Waals surface area contributed by atoms with Crippen LogP contribution in [0.25, 0.3) is 21.8 Å². The van der Waals surface area contributed by atoms with E-state index in [4.69, 9.17) is 0 Å². The van der Waals surface area contributed by atoms with Crippen LogP contribution >= 0.6 is 0 Å². The molecule has 3 heterocycles. The lowest BCUT2D eigenvalue weighted by Gasteiger charge is -2.29. The average molecular weight is 302 g/mol. The number of likely N-dealkylation sites (N-methyl/N-ethyl adjacent to an activating group) is 1. The molecule has 0 bridgehead atoms. The van der Waals surface area contributed by atoms with Crippen LogP contribution in [0.5, 0.6) is 0 Å². The Morgan fingerprint density at radius 3 is 2.57 bits per heavy atom. The number of aromatic nitrogens is 2. The Morgan fingerprint density at radius 2 is 1.70 bits per heavy atom. The van der Waals surface area contributed by atoms with E-state index in [9.17, 15) is 0 Å². The van der Waals surface area contributed by atoms with Gasteiger partial charge in [0.1, 0.15) is 0 Å². The lowest BCUT2D eigenvalue weighted by atomic mass is 9.92. The Hall–Kier alpha value is -2.52. The van der Waals surface area contributed by atoms with E-state index in [0.717, 1.165) is 6.42 Å². The number of hydrogen-bond donors (Lipinski definition) is 3. The van der Waals surface area contributed by atoms with Crippen molar-refractivity contribution in [3.63, 3.8) is 0 Å². The lowest BCUT2D eigenvalue weighted by molar-refractivity contribution is -0.908. The number of para-hydroxylation sites is 2. The summed E-state index contributed by atoms with van der Waals surface area (Å²) in [6, 6.07) is 17.7. The van der Waals surface area contributed by atoms with Crippen molar-refractivity contribution in [3.8, 4) is 0 Å². The summed E-state index contributed by atoms with van der Waals surface area (Å²) in [6.07, 6.45) is 3.34. The second-order valence-electron chi connectivity index (χ2n) is 6.63. The first-order chi connectivity index (χ1) is 11.3. The fourth-order valence-corrected chi connectivity index (χ4v) is 4.20. The molecule has 0 spiro atoms. The van der Waals surface area contributed by atoms with Gasteiger partial charge in [-0.15, -0.1) is 0 Å². The molecule has 3 heteroatoms. The molecule has 1 aliphatic heterocycles. The summed E-state index contributed by atoms with van der Waals surface area (Å²) >= 11 is 0. The zero-order valence-electron chi connectivity index (χ0n) is 13.2. The highest BCUT2D eigenvalue weighted by Gasteiger charge is 2.34. The Balaban J connectivity index is 1.77. The molecule has 1 aliphatic rings. The molecule has 2 aromatic heterocycles. The number of hydrogen-bond acceptors (Lipinski definition) is 0. The van der Waals surface area contributed by atoms with Crippen molar-refractivity contribution >= 4 is 21.8 Å². The van der Waals surface area contributed by atoms with E-state index >= 15 is 0 Å². The molecular formula is C20H20N3+. The summed E-state index contributed by atoms with van der Waals surface area (Å²) in [6.45, 7) is 1.17. The van der Waals surface area contributed by atoms with Gasteiger partial charge in [-0.05, 0) is 17.7 Å². The quantitative estimate of drug-likeness (QED) is 0.484. The first kappa shape index (κ1) is 13.0. The minimum atomic E-state index is 0.363. The summed E-state index contributed by atoms with van der Waals surface area (Å²) in [5, 5.41) is 2.73. The fourth-order valence-electron chi connectivity index (χ4n) is 4.20. The third-order valence-electron chi connectivity index (χ3n) is 5.33. The van der Waals surface area contributed by atoms with E-state index in [1.54, 1.807) is 4.90 Å². The molecule has 3 nitrogen and oxygen atoms in total. The van der Waals surface area contributed by atoms with Gasteiger partial charge in [-0.25, -0.2) is 0 Å². The van der Waals surface area contributed by atoms with Crippen molar-refractivity contribution in [2.45, 2.75) is 12.5 Å². The highest BCUT2D eigenvalue weighted by Crippen LogP contribution is 2.33. The maximum atomic E-state index is 3.71. The van der Waals surface area contributed by atoms with Gasteiger partial charge in [-0.2, -0.15) is 0 Å². The zero-order chi connectivity index (χ0) is 15.4. The second kappa shape index (κ2) is 4.74. The van der Waals surface area contributed by atoms with Crippen LogP contribution < -0.4 is 4.90 Å². The highest BCUT2D eigenvalue weighted by atomic mass is 15.2. The maximum absolute atomic E-state index is 3.71. The summed E-state index contributed by atoms with van der Waals surface area (Å²) in [7, 11) is 2.31. The molecule has 114 valence electrons. The van der Waals surface area contributed by atoms with E-state index in [1.807, 2.05) is 0 Å². The molecule has 3 N–H and O–H groups in total. The molecule has 0 aliphatic carbocycles. The van der Waals surface area contributed by atoms with Crippen LogP contribution in [0.1, 0.15) is 22.9 Å². The fraction of sp³-hybridized carbons (Fsp3) is 0.200. The van der Waals surface area contributed by atoms with Gasteiger partial charge in [0.05, 0.1) is 19.3 Å². The standard InChI is InChI=1S/C20H19N3/c1-23-11-10-15-13-6-3-5-9-18(13)22-19(15)20(23)16-12-21-17-8-4-2-7-14(16)17/h2-9,12,20-22H,10-11H2,1H3/p+1/t20-/m1/s1. The van der Waals surface area contributed by atoms with Crippen molar-refractivity contribution in [2.75, 3.05) is 13.6 Å². The molecule has 2 atom stereocenters. The van der Waals surface area contributed by atoms with Crippen molar-refractivity contribution < 1.29 is 4.90 Å². The van der Waals surface area contributed by atoms with Crippen LogP contribution in [0.3, 0.4) is 0 Å². The third-order valence-corrected chi connectivity index (χ3v) is 5.33. The molecule has 23 heavy (non-hydrogen) atoms. The van der Waals surface area contributed by atoms with Gasteiger partial charge in [0.25, 0.3) is 0 Å². The zero-order valence-corrected chi connectivity index (χ0v) is 13.2. The molecule has 0 radical (unpaired) electrons. The largest absolute Gasteiger partial charge is 0.361 e. The molecule has 0 saturated carbocycles. The first-order valence-electron chi connectivity index (χ1n) is 8.31. The Labute approximate surface area is 134 Å². The molecule has 5 rings (SSSR count). The smallest absolute Gasteiger partial charge is 0.156 e. The molecule has 0 fully saturated rings. The van der Waals surface area contributed by atoms with E-state index in [2.05, 4.69) is 71.7 Å². The second-order valence-corrected chi connectivity index (χ2v) is 6.63. The molecule has 2 aromatic carbocycles. The molecule has 4 aromatic rings. The Bertz CT molecular complexity index is 1010. The predicted octanol–water partition coefficient (Wildman–Crippen LogP) is 2.81. The van der Waals surface area contributed by atoms with Crippen molar-refractivity contribution in [2.24, 2.45) is 0 Å². The maximum Gasteiger partial charge on any atom is 0.156 e. The average Bonchev–Trinajstić information content (AvgIpc) is 3.16. The van der Waals surface area contributed by atoms with Crippen molar-refractivity contribution in [3.05, 3.63) is 71.5 Å². The Morgan fingerprint density at radius 1 is 0.957 bits per heavy atom. The van der Waals surface area contributed by atoms with Gasteiger partial charge in [-0.1, -0.05) is 36.4 Å². The number of quaternary nitrogens is 1. The van der Waals surface area contributed by atoms with Gasteiger partial charge in [0, 0.05) is 40.0 Å². The topological polar surface area (TPSA) is 36.0 Å². The van der Waals surface area contributed by atoms with E-state index < -0.39 is 0 Å². The van der Waals surface area contributed by atoms with Crippen LogP contribution in [0.4, 0.5) is 0 Å². The van der Waals surface area contributed by atoms with Crippen LogP contribution in [-0.4, -0.2) is 23.6 Å². The predicted molar refractivity (Wildman–Crippen MR) is 93.9 cm³/mol. The van der Waals surface area contributed by atoms with Crippen LogP contribution in [0.15, 0.2) is 54.7 Å². The molecular weight excluding hydrogens is 282 g/mol. The molecule has 1 unspecified atom stereocenters. The summed E-state index contributed by atoms with van der Waals surface area (Å²) in [5.41, 5.74) is 6.77. The number of benzene rings is 2. The summed E-state index contributed by atoms with van der Waals surface area (Å²) in [4.78, 5) is 8.71. The number of rotatable bonds is 1. The van der Waals surface area contributed by atoms with Crippen LogP contribution in [0.2, 0.25) is 0 Å². The van der Waals surface area contributed by atoms with Gasteiger partial charge >= 0.3 is 0 Å². The van der Waals surface area contributed by atoms with Crippen molar-refractivity contribution in [1.29, 1.82) is 0 Å². The van der Waals surface area contributed by atoms with Gasteiger partial charge in [0.15, 0.2) is 6.04 Å². The minimum Gasteiger partial charge on any atom is -0.361 e. The summed E-state index contributed by atoms with van der Waals surface area (Å²) in [5.74, 6) is 0. The lowest BCUT2D eigenvalue weighted by Crippen LogP contribution is -3.10.